The zero-order valence-corrected chi connectivity index (χ0v) is 9.34. The summed E-state index contributed by atoms with van der Waals surface area (Å²) in [6, 6.07) is 0.536. The van der Waals surface area contributed by atoms with Crippen molar-refractivity contribution >= 4 is 6.01 Å². The highest BCUT2D eigenvalue weighted by Gasteiger charge is 2.31. The lowest BCUT2D eigenvalue weighted by Crippen LogP contribution is -2.33. The number of anilines is 1. The van der Waals surface area contributed by atoms with Crippen molar-refractivity contribution in [3.8, 4) is 0 Å². The Bertz CT molecular complexity index is 319. The smallest absolute Gasteiger partial charge is 0.315 e. The highest BCUT2D eigenvalue weighted by Crippen LogP contribution is 2.40. The first-order chi connectivity index (χ1) is 7.22. The molecule has 5 heteroatoms. The van der Waals surface area contributed by atoms with Crippen LogP contribution in [0.1, 0.15) is 32.1 Å². The molecular formula is C10H18N4O. The molecule has 1 aliphatic carbocycles. The lowest BCUT2D eigenvalue weighted by molar-refractivity contribution is 0.178. The van der Waals surface area contributed by atoms with Gasteiger partial charge in [0, 0.05) is 6.54 Å². The van der Waals surface area contributed by atoms with Gasteiger partial charge in [0.15, 0.2) is 0 Å². The molecule has 1 aromatic rings. The molecule has 0 atom stereocenters. The first kappa shape index (κ1) is 10.4. The molecule has 2 N–H and O–H groups in total. The molecule has 0 amide bonds. The van der Waals surface area contributed by atoms with E-state index in [0.717, 1.165) is 6.54 Å². The number of rotatable bonds is 5. The van der Waals surface area contributed by atoms with Crippen molar-refractivity contribution in [1.29, 1.82) is 0 Å². The van der Waals surface area contributed by atoms with Gasteiger partial charge in [-0.1, -0.05) is 18.4 Å². The van der Waals surface area contributed by atoms with Gasteiger partial charge in [0.1, 0.15) is 0 Å². The Morgan fingerprint density at radius 1 is 1.40 bits per heavy atom. The maximum Gasteiger partial charge on any atom is 0.315 e. The fourth-order valence-electron chi connectivity index (χ4n) is 1.79. The van der Waals surface area contributed by atoms with Gasteiger partial charge in [-0.2, -0.15) is 0 Å². The first-order valence-electron chi connectivity index (χ1n) is 5.43. The molecule has 0 spiro atoms. The molecule has 0 unspecified atom stereocenters. The Morgan fingerprint density at radius 2 is 2.20 bits per heavy atom. The fraction of sp³-hybridized carbons (Fsp3) is 0.800. The van der Waals surface area contributed by atoms with Crippen molar-refractivity contribution in [3.05, 3.63) is 5.89 Å². The minimum Gasteiger partial charge on any atom is -0.407 e. The zero-order valence-electron chi connectivity index (χ0n) is 9.34. The summed E-state index contributed by atoms with van der Waals surface area (Å²) in [4.78, 5) is 0. The maximum atomic E-state index is 5.39. The molecule has 1 heterocycles. The van der Waals surface area contributed by atoms with Crippen LogP contribution in [0.3, 0.4) is 0 Å². The van der Waals surface area contributed by atoms with Crippen molar-refractivity contribution < 1.29 is 4.42 Å². The zero-order chi connectivity index (χ0) is 10.7. The van der Waals surface area contributed by atoms with Crippen LogP contribution in [-0.2, 0) is 6.54 Å². The number of hydrogen-bond donors (Lipinski definition) is 2. The van der Waals surface area contributed by atoms with Crippen LogP contribution in [0.25, 0.3) is 0 Å². The molecule has 15 heavy (non-hydrogen) atoms. The number of nitrogens with one attached hydrogen (secondary N) is 2. The van der Waals surface area contributed by atoms with Crippen LogP contribution in [0.2, 0.25) is 0 Å². The van der Waals surface area contributed by atoms with Gasteiger partial charge in [0.05, 0.1) is 6.54 Å². The van der Waals surface area contributed by atoms with E-state index in [1.54, 1.807) is 0 Å². The SMILES string of the molecule is CNCc1nnc(NCC2(C)CCC2)o1. The summed E-state index contributed by atoms with van der Waals surface area (Å²) in [5.74, 6) is 0.624. The van der Waals surface area contributed by atoms with Gasteiger partial charge in [0.25, 0.3) is 0 Å². The van der Waals surface area contributed by atoms with E-state index in [1.807, 2.05) is 7.05 Å². The van der Waals surface area contributed by atoms with Crippen LogP contribution >= 0.6 is 0 Å². The molecule has 0 bridgehead atoms. The third-order valence-electron chi connectivity index (χ3n) is 3.02. The molecule has 1 aromatic heterocycles. The predicted octanol–water partition coefficient (Wildman–Crippen LogP) is 1.39. The van der Waals surface area contributed by atoms with Gasteiger partial charge < -0.3 is 15.1 Å². The molecule has 1 fully saturated rings. The normalized spacial score (nSPS) is 18.5. The maximum absolute atomic E-state index is 5.39. The summed E-state index contributed by atoms with van der Waals surface area (Å²) in [6.07, 6.45) is 3.92. The van der Waals surface area contributed by atoms with Crippen LogP contribution in [-0.4, -0.2) is 23.8 Å². The minimum atomic E-state index is 0.428. The Kier molecular flexibility index (Phi) is 2.90. The van der Waals surface area contributed by atoms with Crippen molar-refractivity contribution in [2.45, 2.75) is 32.7 Å². The van der Waals surface area contributed by atoms with E-state index < -0.39 is 0 Å². The highest BCUT2D eigenvalue weighted by atomic mass is 16.4. The second-order valence-corrected chi connectivity index (χ2v) is 4.55. The van der Waals surface area contributed by atoms with Crippen molar-refractivity contribution in [3.63, 3.8) is 0 Å². The molecule has 84 valence electrons. The lowest BCUT2D eigenvalue weighted by atomic mass is 9.70. The second-order valence-electron chi connectivity index (χ2n) is 4.55. The Hall–Kier alpha value is -1.10. The molecule has 1 saturated carbocycles. The van der Waals surface area contributed by atoms with Gasteiger partial charge in [0.2, 0.25) is 5.89 Å². The second kappa shape index (κ2) is 4.18. The van der Waals surface area contributed by atoms with Crippen molar-refractivity contribution in [2.75, 3.05) is 18.9 Å². The summed E-state index contributed by atoms with van der Waals surface area (Å²) in [7, 11) is 1.85. The average molecular weight is 210 g/mol. The Morgan fingerprint density at radius 3 is 2.80 bits per heavy atom. The van der Waals surface area contributed by atoms with Gasteiger partial charge in [-0.15, -0.1) is 5.10 Å². The molecule has 0 radical (unpaired) electrons. The Balaban J connectivity index is 1.82. The fourth-order valence-corrected chi connectivity index (χ4v) is 1.79. The molecular weight excluding hydrogens is 192 g/mol. The van der Waals surface area contributed by atoms with E-state index in [2.05, 4.69) is 27.8 Å². The van der Waals surface area contributed by atoms with E-state index in [-0.39, 0.29) is 0 Å². The molecule has 0 aliphatic heterocycles. The molecule has 2 rings (SSSR count). The summed E-state index contributed by atoms with van der Waals surface area (Å²) < 4.78 is 5.39. The van der Waals surface area contributed by atoms with Crippen LogP contribution in [0.15, 0.2) is 4.42 Å². The summed E-state index contributed by atoms with van der Waals surface area (Å²) in [5.41, 5.74) is 0.428. The first-order valence-corrected chi connectivity index (χ1v) is 5.43. The standard InChI is InChI=1S/C10H18N4O/c1-10(4-3-5-10)7-12-9-14-13-8(15-9)6-11-2/h11H,3-7H2,1-2H3,(H,12,14). The summed E-state index contributed by atoms with van der Waals surface area (Å²) in [6.45, 7) is 3.83. The third-order valence-corrected chi connectivity index (χ3v) is 3.02. The van der Waals surface area contributed by atoms with Crippen molar-refractivity contribution in [1.82, 2.24) is 15.5 Å². The largest absolute Gasteiger partial charge is 0.407 e. The Labute approximate surface area is 89.6 Å². The number of aromatic nitrogens is 2. The van der Waals surface area contributed by atoms with Gasteiger partial charge in [-0.25, -0.2) is 0 Å². The molecule has 0 saturated heterocycles. The lowest BCUT2D eigenvalue weighted by Gasteiger charge is -2.38. The summed E-state index contributed by atoms with van der Waals surface area (Å²) in [5, 5.41) is 14.0. The molecule has 0 aromatic carbocycles. The third kappa shape index (κ3) is 2.47. The topological polar surface area (TPSA) is 63.0 Å². The average Bonchev–Trinajstić information content (AvgIpc) is 2.60. The predicted molar refractivity (Wildman–Crippen MR) is 57.5 cm³/mol. The number of hydrogen-bond acceptors (Lipinski definition) is 5. The van der Waals surface area contributed by atoms with E-state index in [0.29, 0.717) is 23.9 Å². The van der Waals surface area contributed by atoms with Gasteiger partial charge >= 0.3 is 6.01 Å². The van der Waals surface area contributed by atoms with Crippen LogP contribution in [0.5, 0.6) is 0 Å². The molecule has 5 nitrogen and oxygen atoms in total. The van der Waals surface area contributed by atoms with Gasteiger partial charge in [-0.3, -0.25) is 0 Å². The van der Waals surface area contributed by atoms with Gasteiger partial charge in [-0.05, 0) is 25.3 Å². The number of nitrogens with zero attached hydrogens (tertiary/aromatic N) is 2. The molecule has 1 aliphatic rings. The van der Waals surface area contributed by atoms with E-state index >= 15 is 0 Å². The van der Waals surface area contributed by atoms with Crippen LogP contribution in [0, 0.1) is 5.41 Å². The van der Waals surface area contributed by atoms with Crippen LogP contribution < -0.4 is 10.6 Å². The quantitative estimate of drug-likeness (QED) is 0.769. The highest BCUT2D eigenvalue weighted by molar-refractivity contribution is 5.18. The summed E-state index contributed by atoms with van der Waals surface area (Å²) >= 11 is 0. The minimum absolute atomic E-state index is 0.428. The van der Waals surface area contributed by atoms with E-state index in [4.69, 9.17) is 4.42 Å². The van der Waals surface area contributed by atoms with E-state index in [9.17, 15) is 0 Å². The van der Waals surface area contributed by atoms with Crippen LogP contribution in [0.4, 0.5) is 6.01 Å². The van der Waals surface area contributed by atoms with E-state index in [1.165, 1.54) is 19.3 Å². The monoisotopic (exact) mass is 210 g/mol. The van der Waals surface area contributed by atoms with Crippen molar-refractivity contribution in [2.24, 2.45) is 5.41 Å².